The van der Waals surface area contributed by atoms with Crippen molar-refractivity contribution >= 4 is 5.69 Å². The summed E-state index contributed by atoms with van der Waals surface area (Å²) in [6.45, 7) is 3.92. The van der Waals surface area contributed by atoms with E-state index in [2.05, 4.69) is 12.0 Å². The molecule has 17 heavy (non-hydrogen) atoms. The standard InChI is InChI=1S/C11H20N4O2/c1-4-6-8(12)7-10-11(15(16)17)9(5-2)13-14(10)3/h8H,4-7,12H2,1-3H3. The predicted molar refractivity (Wildman–Crippen MR) is 65.8 cm³/mol. The molecule has 0 saturated heterocycles. The van der Waals surface area contributed by atoms with Gasteiger partial charge in [0.2, 0.25) is 0 Å². The largest absolute Gasteiger partial charge is 0.327 e. The lowest BCUT2D eigenvalue weighted by atomic mass is 10.1. The minimum atomic E-state index is -0.347. The van der Waals surface area contributed by atoms with Crippen molar-refractivity contribution in [2.24, 2.45) is 12.8 Å². The molecule has 0 radical (unpaired) electrons. The summed E-state index contributed by atoms with van der Waals surface area (Å²) in [4.78, 5) is 10.7. The second kappa shape index (κ2) is 5.77. The molecule has 1 atom stereocenters. The van der Waals surface area contributed by atoms with Crippen molar-refractivity contribution < 1.29 is 4.92 Å². The molecule has 2 N–H and O–H groups in total. The minimum Gasteiger partial charge on any atom is -0.327 e. The van der Waals surface area contributed by atoms with E-state index in [0.717, 1.165) is 12.8 Å². The molecule has 96 valence electrons. The first-order valence-corrected chi connectivity index (χ1v) is 5.95. The van der Waals surface area contributed by atoms with E-state index >= 15 is 0 Å². The van der Waals surface area contributed by atoms with Crippen LogP contribution in [0.25, 0.3) is 0 Å². The molecule has 1 unspecified atom stereocenters. The van der Waals surface area contributed by atoms with Gasteiger partial charge < -0.3 is 5.73 Å². The van der Waals surface area contributed by atoms with Crippen molar-refractivity contribution in [2.75, 3.05) is 0 Å². The second-order valence-electron chi connectivity index (χ2n) is 4.23. The van der Waals surface area contributed by atoms with Crippen LogP contribution in [0.2, 0.25) is 0 Å². The second-order valence-corrected chi connectivity index (χ2v) is 4.23. The smallest absolute Gasteiger partial charge is 0.313 e. The Kier molecular flexibility index (Phi) is 4.62. The van der Waals surface area contributed by atoms with Gasteiger partial charge in [-0.3, -0.25) is 14.8 Å². The minimum absolute atomic E-state index is 0.0428. The third kappa shape index (κ3) is 3.03. The fourth-order valence-corrected chi connectivity index (χ4v) is 2.01. The maximum atomic E-state index is 11.1. The Bertz CT molecular complexity index is 400. The van der Waals surface area contributed by atoms with Gasteiger partial charge in [0.1, 0.15) is 11.4 Å². The highest BCUT2D eigenvalue weighted by Crippen LogP contribution is 2.24. The Morgan fingerprint density at radius 2 is 2.18 bits per heavy atom. The van der Waals surface area contributed by atoms with Crippen molar-refractivity contribution in [2.45, 2.75) is 45.6 Å². The van der Waals surface area contributed by atoms with E-state index in [1.54, 1.807) is 11.7 Å². The van der Waals surface area contributed by atoms with E-state index in [1.807, 2.05) is 6.92 Å². The normalized spacial score (nSPS) is 12.7. The fraction of sp³-hybridized carbons (Fsp3) is 0.727. The van der Waals surface area contributed by atoms with Crippen molar-refractivity contribution in [3.05, 3.63) is 21.5 Å². The fourth-order valence-electron chi connectivity index (χ4n) is 2.01. The maximum Gasteiger partial charge on any atom is 0.313 e. The predicted octanol–water partition coefficient (Wildman–Crippen LogP) is 1.56. The van der Waals surface area contributed by atoms with Crippen molar-refractivity contribution in [1.82, 2.24) is 9.78 Å². The van der Waals surface area contributed by atoms with Gasteiger partial charge in [-0.15, -0.1) is 0 Å². The van der Waals surface area contributed by atoms with Gasteiger partial charge in [-0.25, -0.2) is 0 Å². The van der Waals surface area contributed by atoms with Crippen LogP contribution < -0.4 is 5.73 Å². The monoisotopic (exact) mass is 240 g/mol. The molecule has 1 rings (SSSR count). The lowest BCUT2D eigenvalue weighted by Crippen LogP contribution is -2.24. The van der Waals surface area contributed by atoms with E-state index in [9.17, 15) is 10.1 Å². The van der Waals surface area contributed by atoms with Crippen LogP contribution in [0.3, 0.4) is 0 Å². The molecular weight excluding hydrogens is 220 g/mol. The molecule has 0 spiro atoms. The lowest BCUT2D eigenvalue weighted by Gasteiger charge is -2.09. The summed E-state index contributed by atoms with van der Waals surface area (Å²) in [5.74, 6) is 0. The Morgan fingerprint density at radius 1 is 1.53 bits per heavy atom. The molecule has 0 aromatic carbocycles. The first-order chi connectivity index (χ1) is 8.01. The molecule has 0 bridgehead atoms. The van der Waals surface area contributed by atoms with Gasteiger partial charge in [-0.2, -0.15) is 5.10 Å². The summed E-state index contributed by atoms with van der Waals surface area (Å²) >= 11 is 0. The van der Waals surface area contributed by atoms with E-state index in [4.69, 9.17) is 5.73 Å². The summed E-state index contributed by atoms with van der Waals surface area (Å²) in [5.41, 5.74) is 7.25. The summed E-state index contributed by atoms with van der Waals surface area (Å²) < 4.78 is 1.59. The van der Waals surface area contributed by atoms with Crippen LogP contribution in [0, 0.1) is 10.1 Å². The summed E-state index contributed by atoms with van der Waals surface area (Å²) in [5, 5.41) is 15.2. The quantitative estimate of drug-likeness (QED) is 0.603. The molecule has 0 aliphatic rings. The van der Waals surface area contributed by atoms with E-state index in [0.29, 0.717) is 24.2 Å². The van der Waals surface area contributed by atoms with Crippen LogP contribution in [0.15, 0.2) is 0 Å². The van der Waals surface area contributed by atoms with E-state index in [1.165, 1.54) is 0 Å². The highest BCUT2D eigenvalue weighted by Gasteiger charge is 2.26. The molecule has 0 fully saturated rings. The number of nitrogens with zero attached hydrogens (tertiary/aromatic N) is 3. The van der Waals surface area contributed by atoms with Crippen LogP contribution in [0.4, 0.5) is 5.69 Å². The molecule has 0 aliphatic heterocycles. The molecule has 6 nitrogen and oxygen atoms in total. The first kappa shape index (κ1) is 13.6. The number of hydrogen-bond donors (Lipinski definition) is 1. The van der Waals surface area contributed by atoms with Gasteiger partial charge in [0.05, 0.1) is 4.92 Å². The van der Waals surface area contributed by atoms with Crippen LogP contribution in [0.1, 0.15) is 38.1 Å². The molecule has 0 amide bonds. The molecule has 0 aliphatic carbocycles. The molecule has 1 heterocycles. The first-order valence-electron chi connectivity index (χ1n) is 5.95. The molecule has 6 heteroatoms. The summed E-state index contributed by atoms with van der Waals surface area (Å²) in [6.07, 6.45) is 2.91. The highest BCUT2D eigenvalue weighted by molar-refractivity contribution is 5.41. The molecule has 0 saturated carbocycles. The van der Waals surface area contributed by atoms with Crippen LogP contribution in [0.5, 0.6) is 0 Å². The van der Waals surface area contributed by atoms with Crippen LogP contribution in [-0.4, -0.2) is 20.7 Å². The van der Waals surface area contributed by atoms with Crippen molar-refractivity contribution in [3.63, 3.8) is 0 Å². The molecule has 1 aromatic heterocycles. The van der Waals surface area contributed by atoms with Crippen LogP contribution >= 0.6 is 0 Å². The van der Waals surface area contributed by atoms with Crippen LogP contribution in [-0.2, 0) is 19.9 Å². The van der Waals surface area contributed by atoms with Gasteiger partial charge in [-0.1, -0.05) is 20.3 Å². The third-order valence-electron chi connectivity index (χ3n) is 2.84. The Morgan fingerprint density at radius 3 is 2.65 bits per heavy atom. The zero-order valence-electron chi connectivity index (χ0n) is 10.6. The Hall–Kier alpha value is -1.43. The molecule has 1 aromatic rings. The van der Waals surface area contributed by atoms with Gasteiger partial charge in [0.25, 0.3) is 0 Å². The topological polar surface area (TPSA) is 87.0 Å². The number of hydrogen-bond acceptors (Lipinski definition) is 4. The van der Waals surface area contributed by atoms with Gasteiger partial charge in [0, 0.05) is 19.5 Å². The average molecular weight is 240 g/mol. The summed E-state index contributed by atoms with van der Waals surface area (Å²) in [6, 6.07) is -0.0428. The lowest BCUT2D eigenvalue weighted by molar-refractivity contribution is -0.386. The Balaban J connectivity index is 3.04. The number of aryl methyl sites for hydroxylation is 2. The Labute approximate surface area is 101 Å². The highest BCUT2D eigenvalue weighted by atomic mass is 16.6. The van der Waals surface area contributed by atoms with Gasteiger partial charge in [-0.05, 0) is 12.8 Å². The number of rotatable bonds is 6. The van der Waals surface area contributed by atoms with Crippen molar-refractivity contribution in [1.29, 1.82) is 0 Å². The van der Waals surface area contributed by atoms with Gasteiger partial charge >= 0.3 is 5.69 Å². The average Bonchev–Trinajstić information content (AvgIpc) is 2.56. The third-order valence-corrected chi connectivity index (χ3v) is 2.84. The SMILES string of the molecule is CCCC(N)Cc1c([N+](=O)[O-])c(CC)nn1C. The van der Waals surface area contributed by atoms with E-state index < -0.39 is 0 Å². The zero-order valence-corrected chi connectivity index (χ0v) is 10.6. The number of nitro groups is 1. The molecular formula is C11H20N4O2. The van der Waals surface area contributed by atoms with Crippen molar-refractivity contribution in [3.8, 4) is 0 Å². The number of nitrogens with two attached hydrogens (primary N) is 1. The maximum absolute atomic E-state index is 11.1. The number of aromatic nitrogens is 2. The zero-order chi connectivity index (χ0) is 13.0. The van der Waals surface area contributed by atoms with E-state index in [-0.39, 0.29) is 16.7 Å². The summed E-state index contributed by atoms with van der Waals surface area (Å²) in [7, 11) is 1.74. The van der Waals surface area contributed by atoms with Gasteiger partial charge in [0.15, 0.2) is 0 Å².